The second-order valence-electron chi connectivity index (χ2n) is 4.56. The van der Waals surface area contributed by atoms with Crippen molar-refractivity contribution in [3.05, 3.63) is 29.8 Å². The SMILES string of the molecule is NC(=S)Cc1ccc(OCCOC2CCC2)cc1. The van der Waals surface area contributed by atoms with E-state index in [-0.39, 0.29) is 0 Å². The summed E-state index contributed by atoms with van der Waals surface area (Å²) in [6, 6.07) is 7.86. The molecule has 1 aromatic carbocycles. The first-order valence-corrected chi connectivity index (χ1v) is 6.76. The molecule has 0 unspecified atom stereocenters. The van der Waals surface area contributed by atoms with E-state index in [0.717, 1.165) is 11.3 Å². The summed E-state index contributed by atoms with van der Waals surface area (Å²) in [5, 5.41) is 0. The fraction of sp³-hybridized carbons (Fsp3) is 0.500. The van der Waals surface area contributed by atoms with Crippen molar-refractivity contribution >= 4 is 17.2 Å². The van der Waals surface area contributed by atoms with Crippen LogP contribution in [-0.4, -0.2) is 24.3 Å². The van der Waals surface area contributed by atoms with E-state index >= 15 is 0 Å². The molecule has 18 heavy (non-hydrogen) atoms. The van der Waals surface area contributed by atoms with Crippen LogP contribution in [0.15, 0.2) is 24.3 Å². The third-order valence-corrected chi connectivity index (χ3v) is 3.20. The lowest BCUT2D eigenvalue weighted by Crippen LogP contribution is -2.23. The van der Waals surface area contributed by atoms with Crippen molar-refractivity contribution in [1.82, 2.24) is 0 Å². The summed E-state index contributed by atoms with van der Waals surface area (Å²) >= 11 is 4.87. The van der Waals surface area contributed by atoms with Gasteiger partial charge in [-0.2, -0.15) is 0 Å². The van der Waals surface area contributed by atoms with E-state index in [1.807, 2.05) is 24.3 Å². The van der Waals surface area contributed by atoms with Crippen LogP contribution in [0.4, 0.5) is 0 Å². The Labute approximate surface area is 113 Å². The van der Waals surface area contributed by atoms with Crippen molar-refractivity contribution in [3.63, 3.8) is 0 Å². The Morgan fingerprint density at radius 1 is 1.22 bits per heavy atom. The molecule has 0 aromatic heterocycles. The van der Waals surface area contributed by atoms with E-state index in [2.05, 4.69) is 0 Å². The van der Waals surface area contributed by atoms with Gasteiger partial charge in [-0.25, -0.2) is 0 Å². The fourth-order valence-electron chi connectivity index (χ4n) is 1.82. The van der Waals surface area contributed by atoms with Gasteiger partial charge in [-0.15, -0.1) is 0 Å². The Kier molecular flexibility index (Phi) is 4.96. The zero-order chi connectivity index (χ0) is 12.8. The molecule has 0 atom stereocenters. The Morgan fingerprint density at radius 2 is 1.94 bits per heavy atom. The molecule has 0 spiro atoms. The molecule has 1 saturated carbocycles. The summed E-state index contributed by atoms with van der Waals surface area (Å²) in [5.74, 6) is 0.860. The zero-order valence-electron chi connectivity index (χ0n) is 10.4. The molecule has 4 heteroatoms. The smallest absolute Gasteiger partial charge is 0.119 e. The molecule has 0 bridgehead atoms. The van der Waals surface area contributed by atoms with Crippen LogP contribution in [0.5, 0.6) is 5.75 Å². The summed E-state index contributed by atoms with van der Waals surface area (Å²) in [6.07, 6.45) is 4.82. The first kappa shape index (κ1) is 13.3. The zero-order valence-corrected chi connectivity index (χ0v) is 11.2. The molecule has 0 aliphatic heterocycles. The van der Waals surface area contributed by atoms with Crippen LogP contribution in [0.25, 0.3) is 0 Å². The highest BCUT2D eigenvalue weighted by molar-refractivity contribution is 7.80. The van der Waals surface area contributed by atoms with Gasteiger partial charge in [0.15, 0.2) is 0 Å². The molecule has 1 aliphatic carbocycles. The molecule has 0 radical (unpaired) electrons. The molecule has 98 valence electrons. The second kappa shape index (κ2) is 6.71. The average Bonchev–Trinajstić information content (AvgIpc) is 2.28. The summed E-state index contributed by atoms with van der Waals surface area (Å²) in [4.78, 5) is 0.512. The first-order chi connectivity index (χ1) is 8.74. The molecule has 2 rings (SSSR count). The van der Waals surface area contributed by atoms with Gasteiger partial charge >= 0.3 is 0 Å². The number of benzene rings is 1. The number of hydrogen-bond acceptors (Lipinski definition) is 3. The van der Waals surface area contributed by atoms with Crippen LogP contribution in [0, 0.1) is 0 Å². The summed E-state index contributed by atoms with van der Waals surface area (Å²) in [5.41, 5.74) is 6.60. The van der Waals surface area contributed by atoms with Crippen molar-refractivity contribution < 1.29 is 9.47 Å². The summed E-state index contributed by atoms with van der Waals surface area (Å²) in [7, 11) is 0. The topological polar surface area (TPSA) is 44.5 Å². The maximum absolute atomic E-state index is 5.62. The third-order valence-electron chi connectivity index (χ3n) is 3.06. The number of hydrogen-bond donors (Lipinski definition) is 1. The molecule has 0 saturated heterocycles. The highest BCUT2D eigenvalue weighted by Crippen LogP contribution is 2.21. The van der Waals surface area contributed by atoms with E-state index in [9.17, 15) is 0 Å². The number of rotatable bonds is 7. The monoisotopic (exact) mass is 265 g/mol. The summed E-state index contributed by atoms with van der Waals surface area (Å²) < 4.78 is 11.2. The molecule has 1 fully saturated rings. The molecular weight excluding hydrogens is 246 g/mol. The Bertz CT molecular complexity index is 387. The highest BCUT2D eigenvalue weighted by Gasteiger charge is 2.17. The molecular formula is C14H19NO2S. The maximum Gasteiger partial charge on any atom is 0.119 e. The van der Waals surface area contributed by atoms with Crippen molar-refractivity contribution in [2.24, 2.45) is 5.73 Å². The van der Waals surface area contributed by atoms with Crippen LogP contribution >= 0.6 is 12.2 Å². The standard InChI is InChI=1S/C14H19NO2S/c15-14(18)10-11-4-6-13(7-5-11)17-9-8-16-12-2-1-3-12/h4-7,12H,1-3,8-10H2,(H2,15,18). The summed E-state index contributed by atoms with van der Waals surface area (Å²) in [6.45, 7) is 1.27. The molecule has 0 amide bonds. The minimum atomic E-state index is 0.474. The van der Waals surface area contributed by atoms with Gasteiger partial charge in [0.2, 0.25) is 0 Å². The molecule has 0 heterocycles. The van der Waals surface area contributed by atoms with E-state index in [4.69, 9.17) is 27.4 Å². The third kappa shape index (κ3) is 4.27. The Morgan fingerprint density at radius 3 is 2.50 bits per heavy atom. The van der Waals surface area contributed by atoms with Crippen LogP contribution in [-0.2, 0) is 11.2 Å². The second-order valence-corrected chi connectivity index (χ2v) is 5.08. The predicted octanol–water partition coefficient (Wildman–Crippen LogP) is 2.46. The molecule has 2 N–H and O–H groups in total. The Hall–Kier alpha value is -1.13. The van der Waals surface area contributed by atoms with Crippen molar-refractivity contribution in [2.75, 3.05) is 13.2 Å². The van der Waals surface area contributed by atoms with Gasteiger partial charge in [0.05, 0.1) is 17.7 Å². The largest absolute Gasteiger partial charge is 0.491 e. The maximum atomic E-state index is 5.62. The average molecular weight is 265 g/mol. The van der Waals surface area contributed by atoms with Gasteiger partial charge in [0.25, 0.3) is 0 Å². The Balaban J connectivity index is 1.67. The van der Waals surface area contributed by atoms with E-state index in [1.165, 1.54) is 19.3 Å². The van der Waals surface area contributed by atoms with Crippen molar-refractivity contribution in [1.29, 1.82) is 0 Å². The van der Waals surface area contributed by atoms with Gasteiger partial charge < -0.3 is 15.2 Å². The van der Waals surface area contributed by atoms with Crippen LogP contribution in [0.1, 0.15) is 24.8 Å². The number of nitrogens with two attached hydrogens (primary N) is 1. The van der Waals surface area contributed by atoms with Gasteiger partial charge in [-0.1, -0.05) is 24.4 Å². The van der Waals surface area contributed by atoms with Gasteiger partial charge in [0.1, 0.15) is 12.4 Å². The van der Waals surface area contributed by atoms with Crippen LogP contribution < -0.4 is 10.5 Å². The molecule has 3 nitrogen and oxygen atoms in total. The van der Waals surface area contributed by atoms with E-state index in [0.29, 0.717) is 30.7 Å². The van der Waals surface area contributed by atoms with Gasteiger partial charge in [-0.3, -0.25) is 0 Å². The van der Waals surface area contributed by atoms with Crippen LogP contribution in [0.2, 0.25) is 0 Å². The lowest BCUT2D eigenvalue weighted by atomic mass is 9.96. The van der Waals surface area contributed by atoms with Crippen LogP contribution in [0.3, 0.4) is 0 Å². The fourth-order valence-corrected chi connectivity index (χ4v) is 1.98. The van der Waals surface area contributed by atoms with E-state index in [1.54, 1.807) is 0 Å². The normalized spacial score (nSPS) is 15.1. The van der Waals surface area contributed by atoms with Gasteiger partial charge in [-0.05, 0) is 37.0 Å². The lowest BCUT2D eigenvalue weighted by Gasteiger charge is -2.25. The number of ether oxygens (including phenoxy) is 2. The van der Waals surface area contributed by atoms with E-state index < -0.39 is 0 Å². The quantitative estimate of drug-likeness (QED) is 0.607. The minimum absolute atomic E-state index is 0.474. The lowest BCUT2D eigenvalue weighted by molar-refractivity contribution is -0.0103. The first-order valence-electron chi connectivity index (χ1n) is 6.35. The number of thiocarbonyl (C=S) groups is 1. The highest BCUT2D eigenvalue weighted by atomic mass is 32.1. The van der Waals surface area contributed by atoms with Crippen molar-refractivity contribution in [3.8, 4) is 5.75 Å². The minimum Gasteiger partial charge on any atom is -0.491 e. The molecule has 1 aliphatic rings. The van der Waals surface area contributed by atoms with Gasteiger partial charge in [0, 0.05) is 6.42 Å². The predicted molar refractivity (Wildman–Crippen MR) is 76.0 cm³/mol. The van der Waals surface area contributed by atoms with Crippen molar-refractivity contribution in [2.45, 2.75) is 31.8 Å². The molecule has 1 aromatic rings.